The Morgan fingerprint density at radius 2 is 1.96 bits per heavy atom. The Morgan fingerprint density at radius 3 is 2.61 bits per heavy atom. The number of piperidine rings is 1. The predicted octanol–water partition coefficient (Wildman–Crippen LogP) is 3.03. The van der Waals surface area contributed by atoms with Crippen molar-refractivity contribution < 1.29 is 4.79 Å². The van der Waals surface area contributed by atoms with Crippen molar-refractivity contribution in [1.29, 1.82) is 0 Å². The summed E-state index contributed by atoms with van der Waals surface area (Å²) in [6.07, 6.45) is 3.84. The fourth-order valence-electron chi connectivity index (χ4n) is 3.23. The highest BCUT2D eigenvalue weighted by molar-refractivity contribution is 5.95. The number of likely N-dealkylation sites (tertiary alicyclic amines) is 1. The van der Waals surface area contributed by atoms with Gasteiger partial charge in [-0.05, 0) is 43.9 Å². The van der Waals surface area contributed by atoms with Crippen LogP contribution >= 0.6 is 0 Å². The van der Waals surface area contributed by atoms with Crippen LogP contribution in [0.2, 0.25) is 0 Å². The SMILES string of the molecule is Cc1ccccc1CN1CCC(NC(=O)c2cc[nH]c2C)CC1. The van der Waals surface area contributed by atoms with Crippen molar-refractivity contribution >= 4 is 5.91 Å². The monoisotopic (exact) mass is 311 g/mol. The van der Waals surface area contributed by atoms with E-state index in [2.05, 4.69) is 46.4 Å². The van der Waals surface area contributed by atoms with E-state index in [0.29, 0.717) is 0 Å². The highest BCUT2D eigenvalue weighted by Crippen LogP contribution is 2.16. The quantitative estimate of drug-likeness (QED) is 0.912. The molecule has 0 atom stereocenters. The van der Waals surface area contributed by atoms with Crippen LogP contribution in [0.25, 0.3) is 0 Å². The van der Waals surface area contributed by atoms with Crippen LogP contribution in [-0.4, -0.2) is 34.9 Å². The lowest BCUT2D eigenvalue weighted by Gasteiger charge is -2.32. The number of H-pyrrole nitrogens is 1. The van der Waals surface area contributed by atoms with Gasteiger partial charge >= 0.3 is 0 Å². The van der Waals surface area contributed by atoms with Crippen LogP contribution in [0.4, 0.5) is 0 Å². The molecule has 0 radical (unpaired) electrons. The van der Waals surface area contributed by atoms with E-state index in [0.717, 1.165) is 43.7 Å². The molecule has 1 amide bonds. The highest BCUT2D eigenvalue weighted by Gasteiger charge is 2.22. The van der Waals surface area contributed by atoms with E-state index in [9.17, 15) is 4.79 Å². The second-order valence-corrected chi connectivity index (χ2v) is 6.47. The minimum Gasteiger partial charge on any atom is -0.365 e. The van der Waals surface area contributed by atoms with E-state index >= 15 is 0 Å². The Balaban J connectivity index is 1.50. The molecule has 4 nitrogen and oxygen atoms in total. The van der Waals surface area contributed by atoms with Crippen LogP contribution < -0.4 is 5.32 Å². The van der Waals surface area contributed by atoms with Gasteiger partial charge in [-0.1, -0.05) is 24.3 Å². The molecule has 2 aromatic rings. The Bertz CT molecular complexity index is 669. The highest BCUT2D eigenvalue weighted by atomic mass is 16.1. The number of carbonyl (C=O) groups is 1. The second kappa shape index (κ2) is 7.01. The van der Waals surface area contributed by atoms with Gasteiger partial charge in [-0.15, -0.1) is 0 Å². The van der Waals surface area contributed by atoms with Gasteiger partial charge in [0.25, 0.3) is 5.91 Å². The Hall–Kier alpha value is -2.07. The second-order valence-electron chi connectivity index (χ2n) is 6.47. The first-order chi connectivity index (χ1) is 11.1. The lowest BCUT2D eigenvalue weighted by atomic mass is 10.0. The molecule has 0 bridgehead atoms. The first-order valence-electron chi connectivity index (χ1n) is 8.35. The third-order valence-electron chi connectivity index (χ3n) is 4.78. The van der Waals surface area contributed by atoms with E-state index in [1.165, 1.54) is 11.1 Å². The molecule has 1 aromatic heterocycles. The van der Waals surface area contributed by atoms with Crippen molar-refractivity contribution in [1.82, 2.24) is 15.2 Å². The van der Waals surface area contributed by atoms with E-state index in [4.69, 9.17) is 0 Å². The number of rotatable bonds is 4. The number of aromatic amines is 1. The van der Waals surface area contributed by atoms with Crippen LogP contribution in [0.3, 0.4) is 0 Å². The molecule has 3 rings (SSSR count). The van der Waals surface area contributed by atoms with Crippen molar-refractivity contribution in [3.05, 3.63) is 58.9 Å². The molecule has 2 N–H and O–H groups in total. The van der Waals surface area contributed by atoms with Crippen molar-refractivity contribution in [3.63, 3.8) is 0 Å². The minimum atomic E-state index is 0.0427. The zero-order valence-electron chi connectivity index (χ0n) is 13.9. The average Bonchev–Trinajstić information content (AvgIpc) is 2.98. The number of hydrogen-bond acceptors (Lipinski definition) is 2. The number of hydrogen-bond donors (Lipinski definition) is 2. The third kappa shape index (κ3) is 3.82. The van der Waals surface area contributed by atoms with E-state index < -0.39 is 0 Å². The molecule has 0 aliphatic carbocycles. The topological polar surface area (TPSA) is 48.1 Å². The van der Waals surface area contributed by atoms with Crippen LogP contribution in [-0.2, 0) is 6.54 Å². The van der Waals surface area contributed by atoms with Gasteiger partial charge in [-0.25, -0.2) is 0 Å². The fourth-order valence-corrected chi connectivity index (χ4v) is 3.23. The molecule has 1 fully saturated rings. The third-order valence-corrected chi connectivity index (χ3v) is 4.78. The number of nitrogens with one attached hydrogen (secondary N) is 2. The van der Waals surface area contributed by atoms with E-state index in [1.807, 2.05) is 19.2 Å². The minimum absolute atomic E-state index is 0.0427. The molecule has 23 heavy (non-hydrogen) atoms. The van der Waals surface area contributed by atoms with Gasteiger partial charge in [0, 0.05) is 37.6 Å². The molecule has 1 aliphatic heterocycles. The zero-order chi connectivity index (χ0) is 16.2. The number of aromatic nitrogens is 1. The lowest BCUT2D eigenvalue weighted by Crippen LogP contribution is -2.44. The van der Waals surface area contributed by atoms with Gasteiger partial charge in [0.05, 0.1) is 5.56 Å². The smallest absolute Gasteiger partial charge is 0.253 e. The molecular weight excluding hydrogens is 286 g/mol. The first kappa shape index (κ1) is 15.8. The summed E-state index contributed by atoms with van der Waals surface area (Å²) in [4.78, 5) is 17.8. The average molecular weight is 311 g/mol. The maximum absolute atomic E-state index is 12.3. The summed E-state index contributed by atoms with van der Waals surface area (Å²) in [6.45, 7) is 7.17. The molecule has 2 heterocycles. The van der Waals surface area contributed by atoms with Crippen LogP contribution in [0, 0.1) is 13.8 Å². The summed E-state index contributed by atoms with van der Waals surface area (Å²) < 4.78 is 0. The Kier molecular flexibility index (Phi) is 4.82. The summed E-state index contributed by atoms with van der Waals surface area (Å²) in [5, 5.41) is 3.17. The summed E-state index contributed by atoms with van der Waals surface area (Å²) in [6, 6.07) is 10.7. The predicted molar refractivity (Wildman–Crippen MR) is 92.5 cm³/mol. The molecule has 4 heteroatoms. The normalized spacial score (nSPS) is 16.4. The maximum atomic E-state index is 12.3. The van der Waals surface area contributed by atoms with Gasteiger partial charge in [-0.2, -0.15) is 0 Å². The summed E-state index contributed by atoms with van der Waals surface area (Å²) in [5.41, 5.74) is 4.44. The zero-order valence-corrected chi connectivity index (χ0v) is 13.9. The van der Waals surface area contributed by atoms with Crippen molar-refractivity contribution in [2.24, 2.45) is 0 Å². The molecule has 122 valence electrons. The van der Waals surface area contributed by atoms with Gasteiger partial charge in [0.1, 0.15) is 0 Å². The molecule has 1 saturated heterocycles. The number of aryl methyl sites for hydroxylation is 2. The van der Waals surface area contributed by atoms with Gasteiger partial charge in [-0.3, -0.25) is 9.69 Å². The van der Waals surface area contributed by atoms with Crippen molar-refractivity contribution in [3.8, 4) is 0 Å². The number of amides is 1. The standard InChI is InChI=1S/C19H25N3O/c1-14-5-3-4-6-16(14)13-22-11-8-17(9-12-22)21-19(23)18-7-10-20-15(18)2/h3-7,10,17,20H,8-9,11-13H2,1-2H3,(H,21,23). The molecule has 1 aliphatic rings. The molecule has 0 saturated carbocycles. The fraction of sp³-hybridized carbons (Fsp3) is 0.421. The number of benzene rings is 1. The molecule has 0 spiro atoms. The number of nitrogens with zero attached hydrogens (tertiary/aromatic N) is 1. The maximum Gasteiger partial charge on any atom is 0.253 e. The Labute approximate surface area is 137 Å². The van der Waals surface area contributed by atoms with Crippen LogP contribution in [0.1, 0.15) is 40.0 Å². The van der Waals surface area contributed by atoms with Gasteiger partial charge in [0.2, 0.25) is 0 Å². The molecule has 0 unspecified atom stereocenters. The largest absolute Gasteiger partial charge is 0.365 e. The first-order valence-corrected chi connectivity index (χ1v) is 8.35. The van der Waals surface area contributed by atoms with Crippen LogP contribution in [0.15, 0.2) is 36.5 Å². The molecule has 1 aromatic carbocycles. The van der Waals surface area contributed by atoms with Crippen LogP contribution in [0.5, 0.6) is 0 Å². The lowest BCUT2D eigenvalue weighted by molar-refractivity contribution is 0.0908. The summed E-state index contributed by atoms with van der Waals surface area (Å²) in [5.74, 6) is 0.0427. The van der Waals surface area contributed by atoms with Crippen molar-refractivity contribution in [2.75, 3.05) is 13.1 Å². The Morgan fingerprint density at radius 1 is 1.22 bits per heavy atom. The van der Waals surface area contributed by atoms with Gasteiger partial charge in [0.15, 0.2) is 0 Å². The summed E-state index contributed by atoms with van der Waals surface area (Å²) in [7, 11) is 0. The van der Waals surface area contributed by atoms with E-state index in [1.54, 1.807) is 0 Å². The van der Waals surface area contributed by atoms with E-state index in [-0.39, 0.29) is 11.9 Å². The van der Waals surface area contributed by atoms with Gasteiger partial charge < -0.3 is 10.3 Å². The number of carbonyl (C=O) groups excluding carboxylic acids is 1. The summed E-state index contributed by atoms with van der Waals surface area (Å²) >= 11 is 0. The van der Waals surface area contributed by atoms with Crippen molar-refractivity contribution in [2.45, 2.75) is 39.3 Å². The molecular formula is C19H25N3O.